The molecule has 0 atom stereocenters. The zero-order valence-corrected chi connectivity index (χ0v) is 18.2. The molecule has 1 aromatic heterocycles. The van der Waals surface area contributed by atoms with Crippen LogP contribution in [-0.2, 0) is 0 Å². The summed E-state index contributed by atoms with van der Waals surface area (Å²) in [6.07, 6.45) is 0. The number of anilines is 1. The molecule has 0 saturated heterocycles. The van der Waals surface area contributed by atoms with E-state index in [1.54, 1.807) is 31.4 Å². The second-order valence-corrected chi connectivity index (χ2v) is 7.77. The number of carbonyl (C=O) groups excluding carboxylic acids is 1. The van der Waals surface area contributed by atoms with E-state index in [0.29, 0.717) is 34.5 Å². The summed E-state index contributed by atoms with van der Waals surface area (Å²) < 4.78 is 20.4. The predicted octanol–water partition coefficient (Wildman–Crippen LogP) is 5.09. The van der Waals surface area contributed by atoms with Crippen molar-refractivity contribution in [3.05, 3.63) is 52.8 Å². The lowest BCUT2D eigenvalue weighted by atomic mass is 10.2. The molecule has 0 spiro atoms. The minimum atomic E-state index is -0.554. The molecule has 154 valence electrons. The number of carbonyl (C=O) groups is 1. The molecule has 29 heavy (non-hydrogen) atoms. The van der Waals surface area contributed by atoms with Gasteiger partial charge in [0.15, 0.2) is 5.13 Å². The third kappa shape index (κ3) is 4.52. The highest BCUT2D eigenvalue weighted by Crippen LogP contribution is 2.39. The maximum Gasteiger partial charge on any atom is 0.263 e. The van der Waals surface area contributed by atoms with Crippen molar-refractivity contribution >= 4 is 44.2 Å². The molecule has 0 aliphatic heterocycles. The first-order valence-electron chi connectivity index (χ1n) is 9.41. The lowest BCUT2D eigenvalue weighted by Gasteiger charge is -2.24. The van der Waals surface area contributed by atoms with E-state index in [9.17, 15) is 9.18 Å². The number of ether oxygens (including phenoxy) is 1. The van der Waals surface area contributed by atoms with Crippen LogP contribution in [0.25, 0.3) is 10.2 Å². The third-order valence-electron chi connectivity index (χ3n) is 4.78. The number of benzene rings is 2. The van der Waals surface area contributed by atoms with Crippen molar-refractivity contribution in [1.29, 1.82) is 0 Å². The molecule has 0 unspecified atom stereocenters. The number of hydrogen-bond donors (Lipinski definition) is 0. The van der Waals surface area contributed by atoms with Crippen LogP contribution in [0.15, 0.2) is 36.4 Å². The largest absolute Gasteiger partial charge is 0.494 e. The van der Waals surface area contributed by atoms with Crippen LogP contribution in [0.1, 0.15) is 24.2 Å². The van der Waals surface area contributed by atoms with Gasteiger partial charge in [-0.15, -0.1) is 0 Å². The number of nitrogens with zero attached hydrogens (tertiary/aromatic N) is 3. The van der Waals surface area contributed by atoms with Gasteiger partial charge in [0.1, 0.15) is 17.1 Å². The summed E-state index contributed by atoms with van der Waals surface area (Å²) in [5, 5.41) is 0.999. The molecule has 0 aliphatic rings. The van der Waals surface area contributed by atoms with Crippen LogP contribution in [0.4, 0.5) is 9.52 Å². The monoisotopic (exact) mass is 435 g/mol. The zero-order chi connectivity index (χ0) is 21.0. The number of amides is 1. The van der Waals surface area contributed by atoms with Crippen molar-refractivity contribution in [3.63, 3.8) is 0 Å². The first-order chi connectivity index (χ1) is 14.0. The van der Waals surface area contributed by atoms with Gasteiger partial charge in [-0.1, -0.05) is 48.9 Å². The lowest BCUT2D eigenvalue weighted by molar-refractivity contribution is 0.0980. The molecule has 0 saturated carbocycles. The van der Waals surface area contributed by atoms with E-state index in [1.165, 1.54) is 28.4 Å². The summed E-state index contributed by atoms with van der Waals surface area (Å²) in [6.45, 7) is 6.88. The Morgan fingerprint density at radius 2 is 1.90 bits per heavy atom. The van der Waals surface area contributed by atoms with Gasteiger partial charge in [0, 0.05) is 13.1 Å². The maximum atomic E-state index is 14.3. The molecule has 8 heteroatoms. The summed E-state index contributed by atoms with van der Waals surface area (Å²) in [5.41, 5.74) is 0.610. The molecule has 2 aromatic carbocycles. The van der Waals surface area contributed by atoms with Crippen LogP contribution in [0.2, 0.25) is 5.02 Å². The maximum absolute atomic E-state index is 14.3. The summed E-state index contributed by atoms with van der Waals surface area (Å²) in [4.78, 5) is 21.6. The molecule has 0 radical (unpaired) electrons. The Morgan fingerprint density at radius 3 is 2.55 bits per heavy atom. The SMILES string of the molecule is CCN(CC)CCN(C(=O)c1ccccc1F)c1nc2c(OC)ccc(Cl)c2s1. The Kier molecular flexibility index (Phi) is 7.05. The number of methoxy groups -OCH3 is 1. The quantitative estimate of drug-likeness (QED) is 0.494. The van der Waals surface area contributed by atoms with Crippen LogP contribution in [0.3, 0.4) is 0 Å². The number of aromatic nitrogens is 1. The highest BCUT2D eigenvalue weighted by molar-refractivity contribution is 7.23. The molecule has 0 fully saturated rings. The third-order valence-corrected chi connectivity index (χ3v) is 6.32. The van der Waals surface area contributed by atoms with Gasteiger partial charge in [0.25, 0.3) is 5.91 Å². The van der Waals surface area contributed by atoms with E-state index in [4.69, 9.17) is 16.3 Å². The van der Waals surface area contributed by atoms with Gasteiger partial charge < -0.3 is 9.64 Å². The molecule has 0 aliphatic carbocycles. The van der Waals surface area contributed by atoms with Gasteiger partial charge in [0.2, 0.25) is 0 Å². The van der Waals surface area contributed by atoms with Gasteiger partial charge in [-0.3, -0.25) is 9.69 Å². The molecular weight excluding hydrogens is 413 g/mol. The molecule has 3 aromatic rings. The fourth-order valence-electron chi connectivity index (χ4n) is 3.07. The molecular formula is C21H23ClFN3O2S. The van der Waals surface area contributed by atoms with Crippen molar-refractivity contribution in [2.45, 2.75) is 13.8 Å². The number of hydrogen-bond acceptors (Lipinski definition) is 5. The van der Waals surface area contributed by atoms with E-state index in [0.717, 1.165) is 17.8 Å². The van der Waals surface area contributed by atoms with E-state index in [1.807, 2.05) is 0 Å². The molecule has 1 heterocycles. The van der Waals surface area contributed by atoms with Crippen molar-refractivity contribution in [3.8, 4) is 5.75 Å². The number of likely N-dealkylation sites (N-methyl/N-ethyl adjacent to an activating group) is 1. The fourth-order valence-corrected chi connectivity index (χ4v) is 4.35. The Balaban J connectivity index is 2.05. The van der Waals surface area contributed by atoms with Crippen LogP contribution in [0, 0.1) is 5.82 Å². The normalized spacial score (nSPS) is 11.2. The summed E-state index contributed by atoms with van der Waals surface area (Å²) in [7, 11) is 1.56. The van der Waals surface area contributed by atoms with Gasteiger partial charge >= 0.3 is 0 Å². The number of halogens is 2. The summed E-state index contributed by atoms with van der Waals surface area (Å²) in [6, 6.07) is 9.47. The fraction of sp³-hybridized carbons (Fsp3) is 0.333. The first-order valence-corrected chi connectivity index (χ1v) is 10.6. The van der Waals surface area contributed by atoms with E-state index in [2.05, 4.69) is 23.7 Å². The molecule has 1 amide bonds. The minimum Gasteiger partial charge on any atom is -0.494 e. The topological polar surface area (TPSA) is 45.7 Å². The number of rotatable bonds is 8. The minimum absolute atomic E-state index is 0.0179. The molecule has 0 bridgehead atoms. The summed E-state index contributed by atoms with van der Waals surface area (Å²) >= 11 is 7.64. The second kappa shape index (κ2) is 9.52. The van der Waals surface area contributed by atoms with Gasteiger partial charge in [-0.05, 0) is 37.4 Å². The van der Waals surface area contributed by atoms with Crippen molar-refractivity contribution in [2.75, 3.05) is 38.2 Å². The standard InChI is InChI=1S/C21H23ClFN3O2S/c1-4-25(5-2)12-13-26(20(27)14-8-6-7-9-16(14)23)21-24-18-17(28-3)11-10-15(22)19(18)29-21/h6-11H,4-5,12-13H2,1-3H3. The molecule has 5 nitrogen and oxygen atoms in total. The number of thiazole rings is 1. The first kappa shape index (κ1) is 21.5. The second-order valence-electron chi connectivity index (χ2n) is 6.39. The van der Waals surface area contributed by atoms with Crippen molar-refractivity contribution in [2.24, 2.45) is 0 Å². The average Bonchev–Trinajstić information content (AvgIpc) is 3.17. The van der Waals surface area contributed by atoms with Gasteiger partial charge in [-0.25, -0.2) is 9.37 Å². The zero-order valence-electron chi connectivity index (χ0n) is 16.6. The van der Waals surface area contributed by atoms with Crippen molar-refractivity contribution in [1.82, 2.24) is 9.88 Å². The van der Waals surface area contributed by atoms with Gasteiger partial charge in [0.05, 0.1) is 22.4 Å². The van der Waals surface area contributed by atoms with Crippen LogP contribution >= 0.6 is 22.9 Å². The van der Waals surface area contributed by atoms with E-state index >= 15 is 0 Å². The van der Waals surface area contributed by atoms with Crippen LogP contribution in [-0.4, -0.2) is 49.1 Å². The Hall–Kier alpha value is -2.22. The number of fused-ring (bicyclic) bond motifs is 1. The summed E-state index contributed by atoms with van der Waals surface area (Å²) in [5.74, 6) is -0.402. The predicted molar refractivity (Wildman–Crippen MR) is 117 cm³/mol. The van der Waals surface area contributed by atoms with E-state index < -0.39 is 11.7 Å². The highest BCUT2D eigenvalue weighted by atomic mass is 35.5. The highest BCUT2D eigenvalue weighted by Gasteiger charge is 2.25. The smallest absolute Gasteiger partial charge is 0.263 e. The van der Waals surface area contributed by atoms with Crippen LogP contribution in [0.5, 0.6) is 5.75 Å². The van der Waals surface area contributed by atoms with E-state index in [-0.39, 0.29) is 5.56 Å². The lowest BCUT2D eigenvalue weighted by Crippen LogP contribution is -2.39. The molecule has 3 rings (SSSR count). The average molecular weight is 436 g/mol. The van der Waals surface area contributed by atoms with Gasteiger partial charge in [-0.2, -0.15) is 0 Å². The van der Waals surface area contributed by atoms with Crippen LogP contribution < -0.4 is 9.64 Å². The Morgan fingerprint density at radius 1 is 1.17 bits per heavy atom. The molecule has 0 N–H and O–H groups in total. The Labute approximate surface area is 178 Å². The Bertz CT molecular complexity index is 1010. The van der Waals surface area contributed by atoms with Crippen molar-refractivity contribution < 1.29 is 13.9 Å².